The molecule has 1 heterocycles. The Labute approximate surface area is 141 Å². The van der Waals surface area contributed by atoms with Crippen LogP contribution in [0.5, 0.6) is 0 Å². The molecule has 5 atom stereocenters. The van der Waals surface area contributed by atoms with Gasteiger partial charge in [-0.1, -0.05) is 46.7 Å². The van der Waals surface area contributed by atoms with Crippen molar-refractivity contribution >= 4 is 8.32 Å². The maximum absolute atomic E-state index is 10.3. The summed E-state index contributed by atoms with van der Waals surface area (Å²) in [5, 5.41) is 14.3. The van der Waals surface area contributed by atoms with Gasteiger partial charge < -0.3 is 14.3 Å². The van der Waals surface area contributed by atoms with Crippen molar-refractivity contribution in [1.29, 1.82) is 0 Å². The fraction of sp³-hybridized carbons (Fsp3) is 1.00. The van der Waals surface area contributed by atoms with E-state index in [4.69, 9.17) is 14.7 Å². The van der Waals surface area contributed by atoms with Crippen molar-refractivity contribution < 1.29 is 14.3 Å². The van der Waals surface area contributed by atoms with E-state index in [1.165, 1.54) is 0 Å². The van der Waals surface area contributed by atoms with Gasteiger partial charge in [0.05, 0.1) is 18.2 Å². The first kappa shape index (κ1) is 20.5. The largest absolute Gasteiger partial charge is 0.392 e. The molecule has 0 aromatic rings. The van der Waals surface area contributed by atoms with E-state index in [2.05, 4.69) is 50.8 Å². The third kappa shape index (κ3) is 4.09. The summed E-state index contributed by atoms with van der Waals surface area (Å²) in [4.78, 5) is 2.94. The van der Waals surface area contributed by atoms with Gasteiger partial charge in [0.25, 0.3) is 0 Å². The Morgan fingerprint density at radius 3 is 2.39 bits per heavy atom. The van der Waals surface area contributed by atoms with Crippen molar-refractivity contribution in [2.45, 2.75) is 90.6 Å². The number of nitrogens with zero attached hydrogens (tertiary/aromatic N) is 3. The molecule has 1 aliphatic heterocycles. The van der Waals surface area contributed by atoms with Gasteiger partial charge >= 0.3 is 0 Å². The SMILES string of the molecule is CCC1O[C@@H](O[Si](C)(C)C(C)(C)C(C)C)C(N=[N+]=[N-])[C@@H](C)[C@@H]1O. The van der Waals surface area contributed by atoms with E-state index in [0.717, 1.165) is 0 Å². The molecule has 7 heteroatoms. The average molecular weight is 344 g/mol. The molecule has 0 aliphatic carbocycles. The van der Waals surface area contributed by atoms with Crippen LogP contribution in [0.4, 0.5) is 0 Å². The summed E-state index contributed by atoms with van der Waals surface area (Å²) in [7, 11) is -2.14. The van der Waals surface area contributed by atoms with Gasteiger partial charge in [-0.2, -0.15) is 0 Å². The smallest absolute Gasteiger partial charge is 0.196 e. The number of ether oxygens (including phenoxy) is 1. The molecule has 0 saturated carbocycles. The van der Waals surface area contributed by atoms with E-state index in [-0.39, 0.29) is 17.1 Å². The van der Waals surface area contributed by atoms with E-state index < -0.39 is 26.8 Å². The Morgan fingerprint density at radius 2 is 1.96 bits per heavy atom. The van der Waals surface area contributed by atoms with Crippen LogP contribution in [0.3, 0.4) is 0 Å². The standard InChI is InChI=1S/C16H33N3O3Si/c1-9-12-14(20)11(4)13(18-19-17)15(21-12)22-23(7,8)16(5,6)10(2)3/h10-15,20H,9H2,1-8H3/t11-,12?,13?,14+,15+/m1/s1. The van der Waals surface area contributed by atoms with Gasteiger partial charge in [-0.3, -0.25) is 0 Å². The maximum Gasteiger partial charge on any atom is 0.196 e. The molecule has 23 heavy (non-hydrogen) atoms. The topological polar surface area (TPSA) is 87.5 Å². The predicted molar refractivity (Wildman–Crippen MR) is 94.5 cm³/mol. The molecule has 1 aliphatic rings. The molecule has 0 aromatic heterocycles. The molecule has 0 radical (unpaired) electrons. The van der Waals surface area contributed by atoms with Crippen molar-refractivity contribution in [2.24, 2.45) is 17.0 Å². The number of hydrogen-bond acceptors (Lipinski definition) is 4. The highest BCUT2D eigenvalue weighted by molar-refractivity contribution is 6.74. The van der Waals surface area contributed by atoms with Crippen molar-refractivity contribution in [3.05, 3.63) is 10.4 Å². The van der Waals surface area contributed by atoms with Gasteiger partial charge in [-0.15, -0.1) is 0 Å². The van der Waals surface area contributed by atoms with Crippen LogP contribution in [0, 0.1) is 11.8 Å². The summed E-state index contributed by atoms with van der Waals surface area (Å²) in [6.07, 6.45) is -0.816. The summed E-state index contributed by atoms with van der Waals surface area (Å²) in [6.45, 7) is 17.1. The summed E-state index contributed by atoms with van der Waals surface area (Å²) in [6, 6.07) is -0.507. The van der Waals surface area contributed by atoms with E-state index in [9.17, 15) is 5.11 Å². The molecule has 1 fully saturated rings. The average Bonchev–Trinajstić information content (AvgIpc) is 2.46. The van der Waals surface area contributed by atoms with Crippen molar-refractivity contribution in [3.8, 4) is 0 Å². The molecule has 0 bridgehead atoms. The highest BCUT2D eigenvalue weighted by Crippen LogP contribution is 2.46. The van der Waals surface area contributed by atoms with Crippen molar-refractivity contribution in [2.75, 3.05) is 0 Å². The lowest BCUT2D eigenvalue weighted by molar-refractivity contribution is -0.219. The molecular formula is C16H33N3O3Si. The zero-order valence-electron chi connectivity index (χ0n) is 15.8. The highest BCUT2D eigenvalue weighted by atomic mass is 28.4. The number of rotatable bonds is 6. The Kier molecular flexibility index (Phi) is 6.70. The lowest BCUT2D eigenvalue weighted by atomic mass is 9.88. The van der Waals surface area contributed by atoms with Gasteiger partial charge in [0.15, 0.2) is 14.6 Å². The lowest BCUT2D eigenvalue weighted by Crippen LogP contribution is -2.57. The molecular weight excluding hydrogens is 310 g/mol. The number of aliphatic hydroxyl groups excluding tert-OH is 1. The molecule has 0 spiro atoms. The number of hydrogen-bond donors (Lipinski definition) is 1. The van der Waals surface area contributed by atoms with E-state index in [0.29, 0.717) is 12.3 Å². The van der Waals surface area contributed by atoms with E-state index in [1.54, 1.807) is 0 Å². The van der Waals surface area contributed by atoms with Crippen LogP contribution in [-0.4, -0.2) is 38.0 Å². The molecule has 0 aromatic carbocycles. The first-order chi connectivity index (χ1) is 10.5. The molecule has 134 valence electrons. The fourth-order valence-corrected chi connectivity index (χ4v) is 5.38. The maximum atomic E-state index is 10.3. The minimum atomic E-state index is -2.14. The Morgan fingerprint density at radius 1 is 1.39 bits per heavy atom. The van der Waals surface area contributed by atoms with Crippen LogP contribution in [0.1, 0.15) is 48.0 Å². The van der Waals surface area contributed by atoms with Gasteiger partial charge in [0.2, 0.25) is 0 Å². The second kappa shape index (κ2) is 7.53. The van der Waals surface area contributed by atoms with Gasteiger partial charge in [-0.25, -0.2) is 0 Å². The van der Waals surface area contributed by atoms with Crippen LogP contribution in [0.2, 0.25) is 18.1 Å². The number of azide groups is 1. The van der Waals surface area contributed by atoms with Crippen molar-refractivity contribution in [3.63, 3.8) is 0 Å². The molecule has 6 nitrogen and oxygen atoms in total. The Bertz CT molecular complexity index is 450. The zero-order chi connectivity index (χ0) is 18.0. The summed E-state index contributed by atoms with van der Waals surface area (Å²) in [5.41, 5.74) is 8.89. The first-order valence-electron chi connectivity index (χ1n) is 8.55. The normalized spacial score (nSPS) is 32.7. The molecule has 0 amide bonds. The lowest BCUT2D eigenvalue weighted by Gasteiger charge is -2.48. The van der Waals surface area contributed by atoms with Gasteiger partial charge in [-0.05, 0) is 41.9 Å². The minimum Gasteiger partial charge on any atom is -0.392 e. The van der Waals surface area contributed by atoms with Crippen LogP contribution in [0.25, 0.3) is 10.4 Å². The molecule has 2 unspecified atom stereocenters. The van der Waals surface area contributed by atoms with Crippen molar-refractivity contribution in [1.82, 2.24) is 0 Å². The van der Waals surface area contributed by atoms with Gasteiger partial charge in [0, 0.05) is 4.91 Å². The zero-order valence-corrected chi connectivity index (χ0v) is 16.8. The monoisotopic (exact) mass is 343 g/mol. The second-order valence-corrected chi connectivity index (χ2v) is 12.5. The van der Waals surface area contributed by atoms with Crippen LogP contribution >= 0.6 is 0 Å². The van der Waals surface area contributed by atoms with Crippen LogP contribution in [-0.2, 0) is 9.16 Å². The van der Waals surface area contributed by atoms with Crippen LogP contribution in [0.15, 0.2) is 5.11 Å². The minimum absolute atomic E-state index is 0.0400. The Hall–Kier alpha value is -0.593. The second-order valence-electron chi connectivity index (χ2n) is 8.00. The summed E-state index contributed by atoms with van der Waals surface area (Å²) < 4.78 is 12.5. The van der Waals surface area contributed by atoms with E-state index >= 15 is 0 Å². The predicted octanol–water partition coefficient (Wildman–Crippen LogP) is 4.46. The Balaban J connectivity index is 3.08. The summed E-state index contributed by atoms with van der Waals surface area (Å²) in [5.74, 6) is 0.275. The van der Waals surface area contributed by atoms with Gasteiger partial charge in [0.1, 0.15) is 0 Å². The third-order valence-electron chi connectivity index (χ3n) is 6.04. The summed E-state index contributed by atoms with van der Waals surface area (Å²) >= 11 is 0. The quantitative estimate of drug-likeness (QED) is 0.334. The molecule has 1 rings (SSSR count). The van der Waals surface area contributed by atoms with Crippen LogP contribution < -0.4 is 0 Å². The fourth-order valence-electron chi connectivity index (χ4n) is 2.91. The third-order valence-corrected chi connectivity index (χ3v) is 10.5. The highest BCUT2D eigenvalue weighted by Gasteiger charge is 2.49. The van der Waals surface area contributed by atoms with E-state index in [1.807, 2.05) is 13.8 Å². The molecule has 1 N–H and O–H groups in total. The first-order valence-corrected chi connectivity index (χ1v) is 11.5. The number of aliphatic hydroxyl groups is 1. The molecule has 1 saturated heterocycles.